The summed E-state index contributed by atoms with van der Waals surface area (Å²) in [5, 5.41) is 8.85. The molecule has 0 saturated heterocycles. The molecular formula is C12H11ClO4. The number of fused-ring (bicyclic) bond motifs is 1. The molecule has 0 spiro atoms. The van der Waals surface area contributed by atoms with Gasteiger partial charge < -0.3 is 14.6 Å². The van der Waals surface area contributed by atoms with Crippen LogP contribution >= 0.6 is 11.6 Å². The Labute approximate surface area is 103 Å². The molecular weight excluding hydrogens is 244 g/mol. The average Bonchev–Trinajstić information content (AvgIpc) is 2.72. The molecule has 5 heteroatoms. The lowest BCUT2D eigenvalue weighted by atomic mass is 10.1. The van der Waals surface area contributed by atoms with Crippen LogP contribution in [0.1, 0.15) is 5.56 Å². The molecule has 0 amide bonds. The summed E-state index contributed by atoms with van der Waals surface area (Å²) < 4.78 is 10.7. The highest BCUT2D eigenvalue weighted by Gasteiger charge is 2.28. The van der Waals surface area contributed by atoms with Gasteiger partial charge >= 0.3 is 5.97 Å². The number of rotatable bonds is 4. The lowest BCUT2D eigenvalue weighted by Gasteiger charge is -2.06. The fraction of sp³-hybridized carbons (Fsp3) is 0.250. The Bertz CT molecular complexity index is 456. The maximum Gasteiger partial charge on any atom is 0.345 e. The molecule has 17 heavy (non-hydrogen) atoms. The SMILES string of the molecule is O=C(O)C1Cc2ccc(OC/C=C/Cl)cc2O1. The van der Waals surface area contributed by atoms with E-state index in [0.29, 0.717) is 24.5 Å². The van der Waals surface area contributed by atoms with Crippen molar-refractivity contribution in [3.63, 3.8) is 0 Å². The number of benzene rings is 1. The number of aliphatic carboxylic acids is 1. The highest BCUT2D eigenvalue weighted by Crippen LogP contribution is 2.32. The molecule has 1 aliphatic rings. The van der Waals surface area contributed by atoms with E-state index in [1.807, 2.05) is 6.07 Å². The van der Waals surface area contributed by atoms with Crippen LogP contribution in [-0.2, 0) is 11.2 Å². The molecule has 0 aliphatic carbocycles. The van der Waals surface area contributed by atoms with Crippen LogP contribution in [0.3, 0.4) is 0 Å². The van der Waals surface area contributed by atoms with Gasteiger partial charge in [0, 0.05) is 18.0 Å². The minimum Gasteiger partial charge on any atom is -0.489 e. The summed E-state index contributed by atoms with van der Waals surface area (Å²) >= 11 is 5.36. The van der Waals surface area contributed by atoms with Crippen molar-refractivity contribution in [2.75, 3.05) is 6.61 Å². The third-order valence-corrected chi connectivity index (χ3v) is 2.60. The van der Waals surface area contributed by atoms with E-state index in [4.69, 9.17) is 26.2 Å². The molecule has 0 bridgehead atoms. The summed E-state index contributed by atoms with van der Waals surface area (Å²) in [6.45, 7) is 0.366. The van der Waals surface area contributed by atoms with E-state index in [0.717, 1.165) is 5.56 Å². The van der Waals surface area contributed by atoms with Gasteiger partial charge in [0.15, 0.2) is 6.10 Å². The quantitative estimate of drug-likeness (QED) is 0.895. The van der Waals surface area contributed by atoms with Gasteiger partial charge in [0.1, 0.15) is 18.1 Å². The Balaban J connectivity index is 2.07. The second-order valence-corrected chi connectivity index (χ2v) is 3.84. The van der Waals surface area contributed by atoms with Crippen molar-refractivity contribution in [3.05, 3.63) is 35.4 Å². The molecule has 1 atom stereocenters. The minimum atomic E-state index is -0.950. The van der Waals surface area contributed by atoms with Gasteiger partial charge in [-0.1, -0.05) is 17.7 Å². The zero-order valence-corrected chi connectivity index (χ0v) is 9.68. The Hall–Kier alpha value is -1.68. The van der Waals surface area contributed by atoms with Gasteiger partial charge in [0.05, 0.1) is 0 Å². The van der Waals surface area contributed by atoms with E-state index in [9.17, 15) is 4.79 Å². The van der Waals surface area contributed by atoms with Crippen molar-refractivity contribution in [2.24, 2.45) is 0 Å². The van der Waals surface area contributed by atoms with E-state index < -0.39 is 12.1 Å². The maximum absolute atomic E-state index is 10.8. The smallest absolute Gasteiger partial charge is 0.345 e. The third kappa shape index (κ3) is 2.71. The van der Waals surface area contributed by atoms with Crippen LogP contribution in [0.15, 0.2) is 29.8 Å². The lowest BCUT2D eigenvalue weighted by molar-refractivity contribution is -0.144. The molecule has 1 heterocycles. The van der Waals surface area contributed by atoms with Crippen LogP contribution in [0.25, 0.3) is 0 Å². The van der Waals surface area contributed by atoms with Crippen molar-refractivity contribution in [1.82, 2.24) is 0 Å². The second kappa shape index (κ2) is 5.10. The van der Waals surface area contributed by atoms with Crippen LogP contribution in [0.2, 0.25) is 0 Å². The van der Waals surface area contributed by atoms with Crippen LogP contribution < -0.4 is 9.47 Å². The standard InChI is InChI=1S/C12H11ClO4/c13-4-1-5-16-9-3-2-8-6-11(12(14)15)17-10(8)7-9/h1-4,7,11H,5-6H2,(H,14,15)/b4-1+. The van der Waals surface area contributed by atoms with Crippen molar-refractivity contribution < 1.29 is 19.4 Å². The van der Waals surface area contributed by atoms with Crippen molar-refractivity contribution in [2.45, 2.75) is 12.5 Å². The highest BCUT2D eigenvalue weighted by molar-refractivity contribution is 6.25. The molecule has 4 nitrogen and oxygen atoms in total. The first kappa shape index (κ1) is 11.8. The van der Waals surface area contributed by atoms with Gasteiger partial charge in [-0.3, -0.25) is 0 Å². The van der Waals surface area contributed by atoms with Gasteiger partial charge in [0.25, 0.3) is 0 Å². The van der Waals surface area contributed by atoms with Crippen LogP contribution in [0, 0.1) is 0 Å². The maximum atomic E-state index is 10.8. The van der Waals surface area contributed by atoms with Crippen LogP contribution in [-0.4, -0.2) is 23.8 Å². The summed E-state index contributed by atoms with van der Waals surface area (Å²) in [5.74, 6) is 0.253. The molecule has 2 rings (SSSR count). The summed E-state index contributed by atoms with van der Waals surface area (Å²) in [6.07, 6.45) is 1.27. The predicted octanol–water partition coefficient (Wildman–Crippen LogP) is 2.21. The zero-order chi connectivity index (χ0) is 12.3. The molecule has 1 unspecified atom stereocenters. The average molecular weight is 255 g/mol. The Morgan fingerprint density at radius 3 is 3.18 bits per heavy atom. The summed E-state index contributed by atoms with van der Waals surface area (Å²) in [6, 6.07) is 5.30. The van der Waals surface area contributed by atoms with Crippen LogP contribution in [0.4, 0.5) is 0 Å². The third-order valence-electron chi connectivity index (χ3n) is 2.42. The molecule has 1 N–H and O–H groups in total. The van der Waals surface area contributed by atoms with Crippen molar-refractivity contribution >= 4 is 17.6 Å². The zero-order valence-electron chi connectivity index (χ0n) is 8.93. The molecule has 0 aromatic heterocycles. The topological polar surface area (TPSA) is 55.8 Å². The Morgan fingerprint density at radius 1 is 1.65 bits per heavy atom. The monoisotopic (exact) mass is 254 g/mol. The summed E-state index contributed by atoms with van der Waals surface area (Å²) in [7, 11) is 0. The highest BCUT2D eigenvalue weighted by atomic mass is 35.5. The predicted molar refractivity (Wildman–Crippen MR) is 62.7 cm³/mol. The van der Waals surface area contributed by atoms with E-state index in [2.05, 4.69) is 0 Å². The molecule has 90 valence electrons. The summed E-state index contributed by atoms with van der Waals surface area (Å²) in [4.78, 5) is 10.8. The number of carbonyl (C=O) groups is 1. The van der Waals surface area contributed by atoms with E-state index in [1.54, 1.807) is 18.2 Å². The van der Waals surface area contributed by atoms with Gasteiger partial charge in [0.2, 0.25) is 0 Å². The first-order chi connectivity index (χ1) is 8.20. The lowest BCUT2D eigenvalue weighted by Crippen LogP contribution is -2.24. The molecule has 1 aromatic carbocycles. The van der Waals surface area contributed by atoms with Gasteiger partial charge in [-0.05, 0) is 17.7 Å². The van der Waals surface area contributed by atoms with Gasteiger partial charge in [-0.25, -0.2) is 4.79 Å². The number of carboxylic acid groups (broad SMARTS) is 1. The minimum absolute atomic E-state index is 0.366. The van der Waals surface area contributed by atoms with E-state index in [-0.39, 0.29) is 0 Å². The molecule has 0 saturated carbocycles. The van der Waals surface area contributed by atoms with E-state index in [1.165, 1.54) is 5.54 Å². The molecule has 0 radical (unpaired) electrons. The number of hydrogen-bond donors (Lipinski definition) is 1. The first-order valence-corrected chi connectivity index (χ1v) is 5.55. The van der Waals surface area contributed by atoms with Crippen molar-refractivity contribution in [1.29, 1.82) is 0 Å². The fourth-order valence-electron chi connectivity index (χ4n) is 1.62. The van der Waals surface area contributed by atoms with Gasteiger partial charge in [-0.2, -0.15) is 0 Å². The first-order valence-electron chi connectivity index (χ1n) is 5.11. The Kier molecular flexibility index (Phi) is 3.54. The Morgan fingerprint density at radius 2 is 2.47 bits per heavy atom. The second-order valence-electron chi connectivity index (χ2n) is 3.59. The molecule has 0 fully saturated rings. The number of ether oxygens (including phenoxy) is 2. The number of carboxylic acids is 1. The normalized spacial score (nSPS) is 17.8. The molecule has 1 aliphatic heterocycles. The number of halogens is 1. The molecule has 1 aromatic rings. The fourth-order valence-corrected chi connectivity index (χ4v) is 1.69. The largest absolute Gasteiger partial charge is 0.489 e. The van der Waals surface area contributed by atoms with E-state index >= 15 is 0 Å². The van der Waals surface area contributed by atoms with Crippen LogP contribution in [0.5, 0.6) is 11.5 Å². The summed E-state index contributed by atoms with van der Waals surface area (Å²) in [5.41, 5.74) is 2.27. The van der Waals surface area contributed by atoms with Gasteiger partial charge in [-0.15, -0.1) is 0 Å². The number of hydrogen-bond acceptors (Lipinski definition) is 3. The van der Waals surface area contributed by atoms with Crippen molar-refractivity contribution in [3.8, 4) is 11.5 Å².